The summed E-state index contributed by atoms with van der Waals surface area (Å²) < 4.78 is 5.30. The van der Waals surface area contributed by atoms with Crippen LogP contribution in [0, 0.1) is 0 Å². The number of carbonyl (C=O) groups excluding carboxylic acids is 2. The lowest BCUT2D eigenvalue weighted by Crippen LogP contribution is -2.55. The van der Waals surface area contributed by atoms with E-state index in [0.717, 1.165) is 11.3 Å². The van der Waals surface area contributed by atoms with Crippen LogP contribution in [0.1, 0.15) is 32.8 Å². The van der Waals surface area contributed by atoms with E-state index in [-0.39, 0.29) is 24.1 Å². The highest BCUT2D eigenvalue weighted by molar-refractivity contribution is 5.78. The van der Waals surface area contributed by atoms with Crippen LogP contribution in [0.2, 0.25) is 0 Å². The van der Waals surface area contributed by atoms with Crippen molar-refractivity contribution in [1.82, 2.24) is 10.3 Å². The third kappa shape index (κ3) is 4.95. The van der Waals surface area contributed by atoms with Crippen molar-refractivity contribution >= 4 is 17.6 Å². The number of ether oxygens (including phenoxy) is 1. The zero-order valence-electron chi connectivity index (χ0n) is 17.2. The molecule has 1 heterocycles. The van der Waals surface area contributed by atoms with E-state index < -0.39 is 6.04 Å². The summed E-state index contributed by atoms with van der Waals surface area (Å²) in [5.41, 5.74) is 1.99. The van der Waals surface area contributed by atoms with Gasteiger partial charge in [-0.25, -0.2) is 5.01 Å². The number of nitrogens with one attached hydrogen (secondary N) is 1. The SMILES string of the molecule is CCOC(=O)C(Cc1ccccc1)NC1CC(C)N(c2ccccc2)N1C(C)=O. The Kier molecular flexibility index (Phi) is 6.88. The van der Waals surface area contributed by atoms with E-state index in [4.69, 9.17) is 4.74 Å². The summed E-state index contributed by atoms with van der Waals surface area (Å²) in [5.74, 6) is -0.372. The van der Waals surface area contributed by atoms with Crippen molar-refractivity contribution in [2.45, 2.75) is 51.9 Å². The second-order valence-corrected chi connectivity index (χ2v) is 7.31. The van der Waals surface area contributed by atoms with Crippen LogP contribution in [0.4, 0.5) is 5.69 Å². The highest BCUT2D eigenvalue weighted by atomic mass is 16.5. The van der Waals surface area contributed by atoms with E-state index in [1.807, 2.05) is 65.7 Å². The molecule has 3 atom stereocenters. The predicted molar refractivity (Wildman–Crippen MR) is 113 cm³/mol. The first-order valence-electron chi connectivity index (χ1n) is 10.1. The van der Waals surface area contributed by atoms with Gasteiger partial charge in [0.15, 0.2) is 0 Å². The molecule has 0 saturated carbocycles. The molecule has 1 amide bonds. The van der Waals surface area contributed by atoms with Gasteiger partial charge >= 0.3 is 5.97 Å². The number of para-hydroxylation sites is 1. The van der Waals surface area contributed by atoms with Crippen LogP contribution in [0.15, 0.2) is 60.7 Å². The molecule has 0 radical (unpaired) electrons. The van der Waals surface area contributed by atoms with Gasteiger partial charge in [0.2, 0.25) is 5.91 Å². The first-order valence-corrected chi connectivity index (χ1v) is 10.1. The lowest BCUT2D eigenvalue weighted by molar-refractivity contribution is -0.147. The molecule has 29 heavy (non-hydrogen) atoms. The first-order chi connectivity index (χ1) is 14.0. The van der Waals surface area contributed by atoms with Crippen LogP contribution in [0.5, 0.6) is 0 Å². The number of anilines is 1. The molecule has 0 aliphatic carbocycles. The van der Waals surface area contributed by atoms with E-state index >= 15 is 0 Å². The Balaban J connectivity index is 1.83. The fraction of sp³-hybridized carbons (Fsp3) is 0.391. The van der Waals surface area contributed by atoms with Gasteiger partial charge in [0.1, 0.15) is 12.2 Å². The Hall–Kier alpha value is -2.86. The largest absolute Gasteiger partial charge is 0.465 e. The van der Waals surface area contributed by atoms with Gasteiger partial charge in [0, 0.05) is 13.3 Å². The van der Waals surface area contributed by atoms with Gasteiger partial charge in [-0.3, -0.25) is 19.9 Å². The Morgan fingerprint density at radius 2 is 1.72 bits per heavy atom. The molecule has 3 unspecified atom stereocenters. The molecule has 0 aromatic heterocycles. The zero-order chi connectivity index (χ0) is 20.8. The summed E-state index contributed by atoms with van der Waals surface area (Å²) >= 11 is 0. The maximum Gasteiger partial charge on any atom is 0.323 e. The Labute approximate surface area is 172 Å². The fourth-order valence-corrected chi connectivity index (χ4v) is 3.89. The monoisotopic (exact) mass is 395 g/mol. The highest BCUT2D eigenvalue weighted by Crippen LogP contribution is 2.30. The number of hydrogen-bond acceptors (Lipinski definition) is 5. The summed E-state index contributed by atoms with van der Waals surface area (Å²) in [4.78, 5) is 25.2. The number of hydrogen-bond donors (Lipinski definition) is 1. The Morgan fingerprint density at radius 1 is 1.10 bits per heavy atom. The van der Waals surface area contributed by atoms with Crippen LogP contribution in [-0.2, 0) is 20.7 Å². The maximum absolute atomic E-state index is 12.6. The molecule has 3 rings (SSSR count). The average molecular weight is 396 g/mol. The maximum atomic E-state index is 12.6. The molecule has 1 saturated heterocycles. The number of carbonyl (C=O) groups is 2. The minimum absolute atomic E-state index is 0.0713. The lowest BCUT2D eigenvalue weighted by Gasteiger charge is -2.36. The summed E-state index contributed by atoms with van der Waals surface area (Å²) in [6.45, 7) is 5.76. The van der Waals surface area contributed by atoms with Crippen molar-refractivity contribution < 1.29 is 14.3 Å². The molecule has 1 aliphatic heterocycles. The molecule has 1 aliphatic rings. The fourth-order valence-electron chi connectivity index (χ4n) is 3.89. The van der Waals surface area contributed by atoms with E-state index in [9.17, 15) is 9.59 Å². The second kappa shape index (κ2) is 9.56. The normalized spacial score (nSPS) is 19.8. The van der Waals surface area contributed by atoms with Gasteiger partial charge in [0.05, 0.1) is 18.3 Å². The Bertz CT molecular complexity index is 813. The first kappa shape index (κ1) is 20.9. The molecule has 1 fully saturated rings. The van der Waals surface area contributed by atoms with Crippen LogP contribution in [0.25, 0.3) is 0 Å². The van der Waals surface area contributed by atoms with E-state index in [1.54, 1.807) is 18.9 Å². The van der Waals surface area contributed by atoms with Crippen molar-refractivity contribution in [3.8, 4) is 0 Å². The molecule has 154 valence electrons. The third-order valence-corrected chi connectivity index (χ3v) is 5.10. The number of esters is 1. The molecule has 6 nitrogen and oxygen atoms in total. The molecule has 6 heteroatoms. The number of amides is 1. The predicted octanol–water partition coefficient (Wildman–Crippen LogP) is 3.14. The van der Waals surface area contributed by atoms with Crippen molar-refractivity contribution in [2.75, 3.05) is 11.6 Å². The molecule has 1 N–H and O–H groups in total. The molecule has 0 bridgehead atoms. The molecular weight excluding hydrogens is 366 g/mol. The average Bonchev–Trinajstić information content (AvgIpc) is 3.05. The Morgan fingerprint density at radius 3 is 2.31 bits per heavy atom. The smallest absolute Gasteiger partial charge is 0.323 e. The quantitative estimate of drug-likeness (QED) is 0.730. The van der Waals surface area contributed by atoms with Gasteiger partial charge < -0.3 is 4.74 Å². The minimum atomic E-state index is -0.535. The summed E-state index contributed by atoms with van der Waals surface area (Å²) in [5, 5.41) is 7.12. The van der Waals surface area contributed by atoms with Crippen LogP contribution in [-0.4, -0.2) is 41.7 Å². The molecule has 0 spiro atoms. The van der Waals surface area contributed by atoms with Crippen molar-refractivity contribution in [2.24, 2.45) is 0 Å². The summed E-state index contributed by atoms with van der Waals surface area (Å²) in [6.07, 6.45) is 0.918. The molecular formula is C23H29N3O3. The van der Waals surface area contributed by atoms with Gasteiger partial charge in [-0.2, -0.15) is 0 Å². The van der Waals surface area contributed by atoms with E-state index in [1.165, 1.54) is 0 Å². The zero-order valence-corrected chi connectivity index (χ0v) is 17.2. The van der Waals surface area contributed by atoms with Crippen LogP contribution in [0.3, 0.4) is 0 Å². The van der Waals surface area contributed by atoms with Crippen molar-refractivity contribution in [3.05, 3.63) is 66.2 Å². The lowest BCUT2D eigenvalue weighted by atomic mass is 10.1. The third-order valence-electron chi connectivity index (χ3n) is 5.10. The van der Waals surface area contributed by atoms with Gasteiger partial charge in [-0.15, -0.1) is 0 Å². The second-order valence-electron chi connectivity index (χ2n) is 7.31. The highest BCUT2D eigenvalue weighted by Gasteiger charge is 2.41. The summed E-state index contributed by atoms with van der Waals surface area (Å²) in [7, 11) is 0. The number of rotatable bonds is 7. The molecule has 2 aromatic carbocycles. The molecule has 2 aromatic rings. The summed E-state index contributed by atoms with van der Waals surface area (Å²) in [6, 6.07) is 19.2. The number of nitrogens with zero attached hydrogens (tertiary/aromatic N) is 2. The van der Waals surface area contributed by atoms with Crippen molar-refractivity contribution in [3.63, 3.8) is 0 Å². The topological polar surface area (TPSA) is 61.9 Å². The number of benzene rings is 2. The van der Waals surface area contributed by atoms with Crippen molar-refractivity contribution in [1.29, 1.82) is 0 Å². The number of hydrazine groups is 1. The standard InChI is InChI=1S/C23H29N3O3/c1-4-29-23(28)21(16-19-11-7-5-8-12-19)24-22-15-17(2)25(26(22)18(3)27)20-13-9-6-10-14-20/h5-14,17,21-22,24H,4,15-16H2,1-3H3. The van der Waals surface area contributed by atoms with Gasteiger partial charge in [0.25, 0.3) is 0 Å². The van der Waals surface area contributed by atoms with Gasteiger partial charge in [-0.1, -0.05) is 48.5 Å². The minimum Gasteiger partial charge on any atom is -0.465 e. The van der Waals surface area contributed by atoms with Crippen LogP contribution >= 0.6 is 0 Å². The van der Waals surface area contributed by atoms with Crippen LogP contribution < -0.4 is 10.3 Å². The van der Waals surface area contributed by atoms with E-state index in [0.29, 0.717) is 19.4 Å². The van der Waals surface area contributed by atoms with Gasteiger partial charge in [-0.05, 0) is 38.0 Å². The van der Waals surface area contributed by atoms with E-state index in [2.05, 4.69) is 12.2 Å².